The first-order valence-corrected chi connectivity index (χ1v) is 6.17. The molecule has 0 saturated heterocycles. The SMILES string of the molecule is COC(=O)C(Nc1ccccc1C)c1ccccc1. The van der Waals surface area contributed by atoms with E-state index in [4.69, 9.17) is 4.74 Å². The zero-order valence-electron chi connectivity index (χ0n) is 11.1. The molecule has 0 aliphatic rings. The van der Waals surface area contributed by atoms with E-state index in [-0.39, 0.29) is 5.97 Å². The van der Waals surface area contributed by atoms with Crippen molar-refractivity contribution in [1.29, 1.82) is 0 Å². The molecular formula is C16H17NO2. The number of esters is 1. The molecule has 98 valence electrons. The number of benzene rings is 2. The number of hydrogen-bond donors (Lipinski definition) is 1. The molecule has 0 amide bonds. The fourth-order valence-electron chi connectivity index (χ4n) is 1.93. The average molecular weight is 255 g/mol. The van der Waals surface area contributed by atoms with Gasteiger partial charge < -0.3 is 10.1 Å². The quantitative estimate of drug-likeness (QED) is 0.852. The molecule has 3 heteroatoms. The van der Waals surface area contributed by atoms with Gasteiger partial charge in [-0.25, -0.2) is 4.79 Å². The maximum absolute atomic E-state index is 11.9. The lowest BCUT2D eigenvalue weighted by Gasteiger charge is -2.19. The third-order valence-electron chi connectivity index (χ3n) is 3.01. The maximum Gasteiger partial charge on any atom is 0.332 e. The van der Waals surface area contributed by atoms with Gasteiger partial charge in [-0.1, -0.05) is 48.5 Å². The summed E-state index contributed by atoms with van der Waals surface area (Å²) in [5.41, 5.74) is 2.91. The van der Waals surface area contributed by atoms with Crippen LogP contribution in [0, 0.1) is 6.92 Å². The Hall–Kier alpha value is -2.29. The van der Waals surface area contributed by atoms with Gasteiger partial charge in [0.25, 0.3) is 0 Å². The van der Waals surface area contributed by atoms with Crippen molar-refractivity contribution in [3.05, 3.63) is 65.7 Å². The Morgan fingerprint density at radius 2 is 1.68 bits per heavy atom. The largest absolute Gasteiger partial charge is 0.467 e. The van der Waals surface area contributed by atoms with E-state index in [2.05, 4.69) is 5.32 Å². The minimum atomic E-state index is -0.493. The Kier molecular flexibility index (Phi) is 4.18. The zero-order chi connectivity index (χ0) is 13.7. The molecule has 2 rings (SSSR count). The van der Waals surface area contributed by atoms with E-state index in [9.17, 15) is 4.79 Å². The van der Waals surface area contributed by atoms with Crippen LogP contribution in [0.5, 0.6) is 0 Å². The van der Waals surface area contributed by atoms with Gasteiger partial charge in [-0.05, 0) is 24.1 Å². The molecule has 19 heavy (non-hydrogen) atoms. The van der Waals surface area contributed by atoms with Gasteiger partial charge >= 0.3 is 5.97 Å². The highest BCUT2D eigenvalue weighted by atomic mass is 16.5. The first kappa shape index (κ1) is 13.1. The van der Waals surface area contributed by atoms with Crippen LogP contribution in [0.4, 0.5) is 5.69 Å². The smallest absolute Gasteiger partial charge is 0.332 e. The summed E-state index contributed by atoms with van der Waals surface area (Å²) in [6.45, 7) is 2.00. The maximum atomic E-state index is 11.9. The molecule has 3 nitrogen and oxygen atoms in total. The number of rotatable bonds is 4. The predicted octanol–water partition coefficient (Wildman–Crippen LogP) is 3.32. The van der Waals surface area contributed by atoms with Gasteiger partial charge in [0.15, 0.2) is 6.04 Å². The summed E-state index contributed by atoms with van der Waals surface area (Å²) in [5, 5.41) is 3.24. The van der Waals surface area contributed by atoms with Crippen LogP contribution < -0.4 is 5.32 Å². The Bertz CT molecular complexity index is 552. The molecule has 0 spiro atoms. The summed E-state index contributed by atoms with van der Waals surface area (Å²) >= 11 is 0. The van der Waals surface area contributed by atoms with Crippen molar-refractivity contribution in [2.45, 2.75) is 13.0 Å². The lowest BCUT2D eigenvalue weighted by molar-refractivity contribution is -0.141. The summed E-state index contributed by atoms with van der Waals surface area (Å²) in [6.07, 6.45) is 0. The fourth-order valence-corrected chi connectivity index (χ4v) is 1.93. The van der Waals surface area contributed by atoms with Crippen LogP contribution in [0.1, 0.15) is 17.2 Å². The van der Waals surface area contributed by atoms with Crippen LogP contribution in [0.15, 0.2) is 54.6 Å². The highest BCUT2D eigenvalue weighted by Crippen LogP contribution is 2.23. The van der Waals surface area contributed by atoms with Crippen molar-refractivity contribution in [1.82, 2.24) is 0 Å². The van der Waals surface area contributed by atoms with Crippen molar-refractivity contribution >= 4 is 11.7 Å². The molecule has 0 aromatic heterocycles. The van der Waals surface area contributed by atoms with E-state index < -0.39 is 6.04 Å². The van der Waals surface area contributed by atoms with Crippen LogP contribution in [0.2, 0.25) is 0 Å². The van der Waals surface area contributed by atoms with Gasteiger partial charge in [-0.3, -0.25) is 0 Å². The summed E-state index contributed by atoms with van der Waals surface area (Å²) in [6, 6.07) is 16.9. The number of para-hydroxylation sites is 1. The summed E-state index contributed by atoms with van der Waals surface area (Å²) in [7, 11) is 1.40. The van der Waals surface area contributed by atoms with Gasteiger partial charge in [0.2, 0.25) is 0 Å². The van der Waals surface area contributed by atoms with Crippen molar-refractivity contribution < 1.29 is 9.53 Å². The van der Waals surface area contributed by atoms with Crippen LogP contribution in [-0.2, 0) is 9.53 Å². The minimum Gasteiger partial charge on any atom is -0.467 e. The van der Waals surface area contributed by atoms with Crippen LogP contribution in [-0.4, -0.2) is 13.1 Å². The Morgan fingerprint density at radius 3 is 2.32 bits per heavy atom. The number of nitrogens with one attached hydrogen (secondary N) is 1. The second kappa shape index (κ2) is 6.05. The molecule has 0 aliphatic carbocycles. The second-order valence-electron chi connectivity index (χ2n) is 4.33. The van der Waals surface area contributed by atoms with E-state index in [0.29, 0.717) is 0 Å². The van der Waals surface area contributed by atoms with E-state index in [1.165, 1.54) is 7.11 Å². The molecule has 0 fully saturated rings. The first-order valence-electron chi connectivity index (χ1n) is 6.17. The molecule has 2 aromatic rings. The zero-order valence-corrected chi connectivity index (χ0v) is 11.1. The van der Waals surface area contributed by atoms with Gasteiger partial charge in [-0.2, -0.15) is 0 Å². The topological polar surface area (TPSA) is 38.3 Å². The monoisotopic (exact) mass is 255 g/mol. The molecular weight excluding hydrogens is 238 g/mol. The lowest BCUT2D eigenvalue weighted by atomic mass is 10.1. The van der Waals surface area contributed by atoms with Crippen molar-refractivity contribution in [2.75, 3.05) is 12.4 Å². The number of methoxy groups -OCH3 is 1. The molecule has 1 unspecified atom stereocenters. The number of carbonyl (C=O) groups excluding carboxylic acids is 1. The Balaban J connectivity index is 2.30. The van der Waals surface area contributed by atoms with Crippen LogP contribution in [0.3, 0.4) is 0 Å². The number of anilines is 1. The molecule has 0 saturated carbocycles. The third kappa shape index (κ3) is 3.13. The van der Waals surface area contributed by atoms with Crippen molar-refractivity contribution in [3.63, 3.8) is 0 Å². The van der Waals surface area contributed by atoms with Crippen molar-refractivity contribution in [3.8, 4) is 0 Å². The highest BCUT2D eigenvalue weighted by molar-refractivity contribution is 5.81. The Labute approximate surface area is 113 Å². The molecule has 1 N–H and O–H groups in total. The third-order valence-corrected chi connectivity index (χ3v) is 3.01. The number of aryl methyl sites for hydroxylation is 1. The van der Waals surface area contributed by atoms with Gasteiger partial charge in [-0.15, -0.1) is 0 Å². The molecule has 0 bridgehead atoms. The highest BCUT2D eigenvalue weighted by Gasteiger charge is 2.21. The summed E-state index contributed by atoms with van der Waals surface area (Å²) in [4.78, 5) is 11.9. The van der Waals surface area contributed by atoms with E-state index >= 15 is 0 Å². The normalized spacial score (nSPS) is 11.7. The lowest BCUT2D eigenvalue weighted by Crippen LogP contribution is -2.22. The summed E-state index contributed by atoms with van der Waals surface area (Å²) in [5.74, 6) is -0.297. The Morgan fingerprint density at radius 1 is 1.05 bits per heavy atom. The van der Waals surface area contributed by atoms with E-state index in [1.807, 2.05) is 61.5 Å². The predicted molar refractivity (Wildman–Crippen MR) is 76.0 cm³/mol. The number of ether oxygens (including phenoxy) is 1. The molecule has 0 radical (unpaired) electrons. The van der Waals surface area contributed by atoms with E-state index in [0.717, 1.165) is 16.8 Å². The van der Waals surface area contributed by atoms with Gasteiger partial charge in [0, 0.05) is 5.69 Å². The molecule has 0 heterocycles. The fraction of sp³-hybridized carbons (Fsp3) is 0.188. The number of hydrogen-bond acceptors (Lipinski definition) is 3. The average Bonchev–Trinajstić information content (AvgIpc) is 2.46. The van der Waals surface area contributed by atoms with Crippen molar-refractivity contribution in [2.24, 2.45) is 0 Å². The molecule has 0 aliphatic heterocycles. The molecule has 1 atom stereocenters. The second-order valence-corrected chi connectivity index (χ2v) is 4.33. The standard InChI is InChI=1S/C16H17NO2/c1-12-8-6-7-11-14(12)17-15(16(18)19-2)13-9-4-3-5-10-13/h3-11,15,17H,1-2H3. The first-order chi connectivity index (χ1) is 9.22. The molecule has 2 aromatic carbocycles. The van der Waals surface area contributed by atoms with Gasteiger partial charge in [0.1, 0.15) is 0 Å². The van der Waals surface area contributed by atoms with Crippen LogP contribution in [0.25, 0.3) is 0 Å². The minimum absolute atomic E-state index is 0.297. The number of carbonyl (C=O) groups is 1. The van der Waals surface area contributed by atoms with Crippen LogP contribution >= 0.6 is 0 Å². The van der Waals surface area contributed by atoms with Gasteiger partial charge in [0.05, 0.1) is 7.11 Å². The summed E-state index contributed by atoms with van der Waals surface area (Å²) < 4.78 is 4.88. The van der Waals surface area contributed by atoms with E-state index in [1.54, 1.807) is 0 Å².